The summed E-state index contributed by atoms with van der Waals surface area (Å²) in [6.07, 6.45) is 12.3. The molecule has 0 aromatic rings. The van der Waals surface area contributed by atoms with Crippen LogP contribution in [0.2, 0.25) is 0 Å². The van der Waals surface area contributed by atoms with Crippen molar-refractivity contribution in [3.63, 3.8) is 0 Å². The second-order valence-electron chi connectivity index (χ2n) is 5.14. The third-order valence-corrected chi connectivity index (χ3v) is 3.71. The van der Waals surface area contributed by atoms with E-state index in [1.165, 1.54) is 51.4 Å². The Kier molecular flexibility index (Phi) is 20.0. The van der Waals surface area contributed by atoms with Crippen LogP contribution in [-0.4, -0.2) is 38.2 Å². The fourth-order valence-corrected chi connectivity index (χ4v) is 2.20. The van der Waals surface area contributed by atoms with Crippen LogP contribution in [0.25, 0.3) is 0 Å². The zero-order valence-corrected chi connectivity index (χ0v) is 14.4. The lowest BCUT2D eigenvalue weighted by Gasteiger charge is -2.04. The molecule has 0 aliphatic heterocycles. The molecule has 0 aliphatic rings. The van der Waals surface area contributed by atoms with E-state index in [0.717, 1.165) is 39.3 Å². The number of halogens is 2. The standard InChI is InChI=1S/C16H32Cl2O2/c17-11-9-15-19-13-7-5-3-1-2-4-6-8-14-20-16-10-12-18/h1-16H2. The summed E-state index contributed by atoms with van der Waals surface area (Å²) in [6, 6.07) is 0. The third kappa shape index (κ3) is 18.5. The van der Waals surface area contributed by atoms with Crippen LogP contribution in [0.15, 0.2) is 0 Å². The Bertz CT molecular complexity index is 151. The molecule has 0 saturated heterocycles. The number of hydrogen-bond acceptors (Lipinski definition) is 2. The van der Waals surface area contributed by atoms with E-state index in [2.05, 4.69) is 0 Å². The largest absolute Gasteiger partial charge is 0.381 e. The normalized spacial score (nSPS) is 11.1. The predicted octanol–water partition coefficient (Wildman–Crippen LogP) is 5.40. The highest BCUT2D eigenvalue weighted by Gasteiger charge is 1.94. The van der Waals surface area contributed by atoms with Crippen molar-refractivity contribution >= 4 is 23.2 Å². The van der Waals surface area contributed by atoms with Gasteiger partial charge in [-0.1, -0.05) is 38.5 Å². The summed E-state index contributed by atoms with van der Waals surface area (Å²) in [5.74, 6) is 1.41. The van der Waals surface area contributed by atoms with Crippen LogP contribution in [-0.2, 0) is 9.47 Å². The maximum absolute atomic E-state index is 5.57. The SMILES string of the molecule is ClCCCOCCCCCCCCCCOCCCCl. The van der Waals surface area contributed by atoms with Gasteiger partial charge < -0.3 is 9.47 Å². The summed E-state index contributed by atoms with van der Waals surface area (Å²) in [4.78, 5) is 0. The van der Waals surface area contributed by atoms with Crippen molar-refractivity contribution in [3.8, 4) is 0 Å². The van der Waals surface area contributed by atoms with E-state index >= 15 is 0 Å². The van der Waals surface area contributed by atoms with Gasteiger partial charge in [0.2, 0.25) is 0 Å². The number of alkyl halides is 2. The van der Waals surface area contributed by atoms with Crippen molar-refractivity contribution in [2.24, 2.45) is 0 Å². The Labute approximate surface area is 135 Å². The molecule has 0 rings (SSSR count). The first-order valence-corrected chi connectivity index (χ1v) is 9.26. The van der Waals surface area contributed by atoms with E-state index in [-0.39, 0.29) is 0 Å². The zero-order valence-electron chi connectivity index (χ0n) is 12.9. The molecule has 0 saturated carbocycles. The molecule has 0 bridgehead atoms. The molecule has 2 nitrogen and oxygen atoms in total. The van der Waals surface area contributed by atoms with Crippen molar-refractivity contribution in [2.75, 3.05) is 38.2 Å². The van der Waals surface area contributed by atoms with Crippen LogP contribution in [0.1, 0.15) is 64.2 Å². The Morgan fingerprint density at radius 2 is 0.700 bits per heavy atom. The number of hydrogen-bond donors (Lipinski definition) is 0. The van der Waals surface area contributed by atoms with Gasteiger partial charge in [-0.25, -0.2) is 0 Å². The van der Waals surface area contributed by atoms with Crippen LogP contribution in [0, 0.1) is 0 Å². The van der Waals surface area contributed by atoms with Gasteiger partial charge >= 0.3 is 0 Å². The molecule has 0 radical (unpaired) electrons. The van der Waals surface area contributed by atoms with Crippen molar-refractivity contribution in [2.45, 2.75) is 64.2 Å². The molecule has 122 valence electrons. The Hall–Kier alpha value is 0.500. The molecular weight excluding hydrogens is 295 g/mol. The van der Waals surface area contributed by atoms with Crippen LogP contribution in [0.5, 0.6) is 0 Å². The summed E-state index contributed by atoms with van der Waals surface area (Å²) < 4.78 is 10.9. The van der Waals surface area contributed by atoms with E-state index in [1.54, 1.807) is 0 Å². The minimum Gasteiger partial charge on any atom is -0.381 e. The second kappa shape index (κ2) is 19.5. The third-order valence-electron chi connectivity index (χ3n) is 3.17. The molecule has 0 amide bonds. The molecule has 0 aliphatic carbocycles. The second-order valence-corrected chi connectivity index (χ2v) is 5.89. The highest BCUT2D eigenvalue weighted by atomic mass is 35.5. The molecule has 0 atom stereocenters. The van der Waals surface area contributed by atoms with Gasteiger partial charge in [0.25, 0.3) is 0 Å². The van der Waals surface area contributed by atoms with Gasteiger partial charge in [0.05, 0.1) is 0 Å². The molecule has 20 heavy (non-hydrogen) atoms. The molecule has 0 aromatic heterocycles. The highest BCUT2D eigenvalue weighted by Crippen LogP contribution is 2.09. The van der Waals surface area contributed by atoms with E-state index in [9.17, 15) is 0 Å². The van der Waals surface area contributed by atoms with Gasteiger partial charge in [-0.2, -0.15) is 0 Å². The fraction of sp³-hybridized carbons (Fsp3) is 1.00. The Morgan fingerprint density at radius 1 is 0.400 bits per heavy atom. The first-order valence-electron chi connectivity index (χ1n) is 8.19. The topological polar surface area (TPSA) is 18.5 Å². The summed E-state index contributed by atoms with van der Waals surface area (Å²) in [5.41, 5.74) is 0. The van der Waals surface area contributed by atoms with E-state index < -0.39 is 0 Å². The predicted molar refractivity (Wildman–Crippen MR) is 89.2 cm³/mol. The van der Waals surface area contributed by atoms with Crippen molar-refractivity contribution in [1.82, 2.24) is 0 Å². The molecule has 0 N–H and O–H groups in total. The maximum atomic E-state index is 5.57. The van der Waals surface area contributed by atoms with Gasteiger partial charge in [0.1, 0.15) is 0 Å². The number of ether oxygens (including phenoxy) is 2. The van der Waals surface area contributed by atoms with Crippen molar-refractivity contribution in [3.05, 3.63) is 0 Å². The minimum absolute atomic E-state index is 0.706. The lowest BCUT2D eigenvalue weighted by atomic mass is 10.1. The summed E-state index contributed by atoms with van der Waals surface area (Å²) in [6.45, 7) is 3.43. The van der Waals surface area contributed by atoms with Crippen molar-refractivity contribution in [1.29, 1.82) is 0 Å². The highest BCUT2D eigenvalue weighted by molar-refractivity contribution is 6.18. The average molecular weight is 327 g/mol. The number of unbranched alkanes of at least 4 members (excludes halogenated alkanes) is 7. The number of rotatable bonds is 17. The van der Waals surface area contributed by atoms with Gasteiger partial charge in [0, 0.05) is 38.2 Å². The van der Waals surface area contributed by atoms with Gasteiger partial charge in [0.15, 0.2) is 0 Å². The summed E-state index contributed by atoms with van der Waals surface area (Å²) in [7, 11) is 0. The van der Waals surface area contributed by atoms with Crippen molar-refractivity contribution < 1.29 is 9.47 Å². The molecule has 0 spiro atoms. The molecule has 4 heteroatoms. The quantitative estimate of drug-likeness (QED) is 0.263. The Morgan fingerprint density at radius 3 is 1.05 bits per heavy atom. The lowest BCUT2D eigenvalue weighted by molar-refractivity contribution is 0.130. The Balaban J connectivity index is 2.89. The minimum atomic E-state index is 0.706. The lowest BCUT2D eigenvalue weighted by Crippen LogP contribution is -1.98. The van der Waals surface area contributed by atoms with Crippen LogP contribution < -0.4 is 0 Å². The first-order chi connectivity index (χ1) is 9.91. The summed E-state index contributed by atoms with van der Waals surface area (Å²) >= 11 is 11.1. The molecule has 0 aromatic carbocycles. The first kappa shape index (κ1) is 20.5. The fourth-order valence-electron chi connectivity index (χ4n) is 1.99. The van der Waals surface area contributed by atoms with Gasteiger partial charge in [-0.05, 0) is 25.7 Å². The maximum Gasteiger partial charge on any atom is 0.0477 e. The molecule has 0 fully saturated rings. The molecular formula is C16H32Cl2O2. The molecule has 0 heterocycles. The van der Waals surface area contributed by atoms with Crippen LogP contribution >= 0.6 is 23.2 Å². The smallest absolute Gasteiger partial charge is 0.0477 e. The van der Waals surface area contributed by atoms with Crippen LogP contribution in [0.4, 0.5) is 0 Å². The van der Waals surface area contributed by atoms with E-state index in [4.69, 9.17) is 32.7 Å². The van der Waals surface area contributed by atoms with Crippen LogP contribution in [0.3, 0.4) is 0 Å². The average Bonchev–Trinajstić information content (AvgIpc) is 2.47. The van der Waals surface area contributed by atoms with Gasteiger partial charge in [-0.15, -0.1) is 23.2 Å². The van der Waals surface area contributed by atoms with Gasteiger partial charge in [-0.3, -0.25) is 0 Å². The molecule has 0 unspecified atom stereocenters. The van der Waals surface area contributed by atoms with E-state index in [0.29, 0.717) is 11.8 Å². The monoisotopic (exact) mass is 326 g/mol. The summed E-state index contributed by atoms with van der Waals surface area (Å²) in [5, 5.41) is 0. The zero-order chi connectivity index (χ0) is 14.7. The van der Waals surface area contributed by atoms with E-state index in [1.807, 2.05) is 0 Å².